The number of alkyl halides is 1. The van der Waals surface area contributed by atoms with Gasteiger partial charge in [-0.2, -0.15) is 0 Å². The molecule has 0 amide bonds. The van der Waals surface area contributed by atoms with Crippen molar-refractivity contribution in [2.75, 3.05) is 4.43 Å². The summed E-state index contributed by atoms with van der Waals surface area (Å²) >= 11 is 2.16. The molecule has 2 aromatic carbocycles. The summed E-state index contributed by atoms with van der Waals surface area (Å²) in [5, 5.41) is 9.30. The van der Waals surface area contributed by atoms with E-state index in [9.17, 15) is 9.90 Å². The lowest BCUT2D eigenvalue weighted by Crippen LogP contribution is -2.41. The third-order valence-corrected chi connectivity index (χ3v) is 4.85. The summed E-state index contributed by atoms with van der Waals surface area (Å²) in [7, 11) is 0. The van der Waals surface area contributed by atoms with E-state index in [4.69, 9.17) is 4.74 Å². The highest BCUT2D eigenvalue weighted by atomic mass is 127. The van der Waals surface area contributed by atoms with Crippen LogP contribution in [0.2, 0.25) is 0 Å². The van der Waals surface area contributed by atoms with Crippen LogP contribution in [-0.4, -0.2) is 20.9 Å². The van der Waals surface area contributed by atoms with E-state index in [0.717, 1.165) is 11.1 Å². The van der Waals surface area contributed by atoms with Gasteiger partial charge in [0.1, 0.15) is 11.5 Å². The van der Waals surface area contributed by atoms with Crippen molar-refractivity contribution in [3.05, 3.63) is 48.5 Å². The summed E-state index contributed by atoms with van der Waals surface area (Å²) in [4.78, 5) is 11.7. The topological polar surface area (TPSA) is 46.5 Å². The highest BCUT2D eigenvalue weighted by Crippen LogP contribution is 2.26. The second-order valence-corrected chi connectivity index (χ2v) is 5.86. The molecule has 4 heteroatoms. The first-order valence-corrected chi connectivity index (χ1v) is 8.13. The molecule has 0 saturated carbocycles. The summed E-state index contributed by atoms with van der Waals surface area (Å²) < 4.78 is 6.42. The van der Waals surface area contributed by atoms with E-state index < -0.39 is 5.60 Å². The summed E-state index contributed by atoms with van der Waals surface area (Å²) in [5.74, 6) is 0.935. The molecule has 1 N–H and O–H groups in total. The van der Waals surface area contributed by atoms with Crippen LogP contribution in [0.5, 0.6) is 11.5 Å². The van der Waals surface area contributed by atoms with Crippen molar-refractivity contribution in [3.63, 3.8) is 0 Å². The molecular weight excluding hydrogens is 379 g/mol. The third kappa shape index (κ3) is 3.75. The standard InChI is InChI=1S/C17H17IO3/c1-12(19)17(2,11-18)21-16-9-5-14(6-10-16)13-3-7-15(20)8-4-13/h3-10,20H,11H2,1-2H3. The Kier molecular flexibility index (Phi) is 4.88. The van der Waals surface area contributed by atoms with Crippen LogP contribution in [0.4, 0.5) is 0 Å². The number of aromatic hydroxyl groups is 1. The number of halogens is 1. The summed E-state index contributed by atoms with van der Waals surface area (Å²) in [6.07, 6.45) is 0. The van der Waals surface area contributed by atoms with Crippen molar-refractivity contribution in [1.29, 1.82) is 0 Å². The fourth-order valence-corrected chi connectivity index (χ4v) is 2.52. The zero-order valence-electron chi connectivity index (χ0n) is 12.0. The summed E-state index contributed by atoms with van der Waals surface area (Å²) in [6, 6.07) is 14.6. The molecule has 0 aliphatic heterocycles. The number of carbonyl (C=O) groups excluding carboxylic acids is 1. The first-order chi connectivity index (χ1) is 9.94. The molecule has 0 bridgehead atoms. The molecular formula is C17H17IO3. The molecule has 0 aromatic heterocycles. The van der Waals surface area contributed by atoms with Gasteiger partial charge in [0.25, 0.3) is 0 Å². The van der Waals surface area contributed by atoms with E-state index in [2.05, 4.69) is 22.6 Å². The maximum absolute atomic E-state index is 11.7. The van der Waals surface area contributed by atoms with Crippen molar-refractivity contribution >= 4 is 28.4 Å². The Labute approximate surface area is 138 Å². The number of ketones is 1. The van der Waals surface area contributed by atoms with Gasteiger partial charge in [-0.1, -0.05) is 46.9 Å². The first-order valence-electron chi connectivity index (χ1n) is 6.60. The minimum absolute atomic E-state index is 0.0134. The highest BCUT2D eigenvalue weighted by Gasteiger charge is 2.30. The number of benzene rings is 2. The molecule has 0 saturated heterocycles. The zero-order valence-corrected chi connectivity index (χ0v) is 14.1. The quantitative estimate of drug-likeness (QED) is 0.608. The Morgan fingerprint density at radius 1 is 1.10 bits per heavy atom. The van der Waals surface area contributed by atoms with Gasteiger partial charge < -0.3 is 9.84 Å². The van der Waals surface area contributed by atoms with Crippen LogP contribution in [-0.2, 0) is 4.79 Å². The molecule has 2 rings (SSSR count). The van der Waals surface area contributed by atoms with Crippen molar-refractivity contribution in [3.8, 4) is 22.6 Å². The third-order valence-electron chi connectivity index (χ3n) is 3.40. The maximum Gasteiger partial charge on any atom is 0.173 e. The van der Waals surface area contributed by atoms with Crippen molar-refractivity contribution < 1.29 is 14.6 Å². The lowest BCUT2D eigenvalue weighted by atomic mass is 10.0. The lowest BCUT2D eigenvalue weighted by molar-refractivity contribution is -0.128. The molecule has 21 heavy (non-hydrogen) atoms. The fourth-order valence-electron chi connectivity index (χ4n) is 1.82. The molecule has 3 nitrogen and oxygen atoms in total. The van der Waals surface area contributed by atoms with Crippen LogP contribution in [0.25, 0.3) is 11.1 Å². The second-order valence-electron chi connectivity index (χ2n) is 5.09. The number of hydrogen-bond donors (Lipinski definition) is 1. The van der Waals surface area contributed by atoms with E-state index >= 15 is 0 Å². The van der Waals surface area contributed by atoms with Gasteiger partial charge >= 0.3 is 0 Å². The molecule has 0 spiro atoms. The van der Waals surface area contributed by atoms with Crippen LogP contribution in [0.1, 0.15) is 13.8 Å². The Morgan fingerprint density at radius 2 is 1.57 bits per heavy atom. The predicted molar refractivity (Wildman–Crippen MR) is 92.1 cm³/mol. The molecule has 1 unspecified atom stereocenters. The normalized spacial score (nSPS) is 13.5. The Balaban J connectivity index is 2.19. The smallest absolute Gasteiger partial charge is 0.173 e. The Hall–Kier alpha value is -1.56. The van der Waals surface area contributed by atoms with Gasteiger partial charge in [-0.05, 0) is 49.2 Å². The van der Waals surface area contributed by atoms with Crippen LogP contribution >= 0.6 is 22.6 Å². The van der Waals surface area contributed by atoms with Gasteiger partial charge in [-0.25, -0.2) is 0 Å². The molecule has 0 aliphatic carbocycles. The van der Waals surface area contributed by atoms with Crippen LogP contribution in [0.3, 0.4) is 0 Å². The largest absolute Gasteiger partial charge is 0.508 e. The molecule has 0 heterocycles. The Morgan fingerprint density at radius 3 is 2.00 bits per heavy atom. The highest BCUT2D eigenvalue weighted by molar-refractivity contribution is 14.1. The van der Waals surface area contributed by atoms with Crippen molar-refractivity contribution in [1.82, 2.24) is 0 Å². The van der Waals surface area contributed by atoms with Crippen LogP contribution in [0, 0.1) is 0 Å². The van der Waals surface area contributed by atoms with Crippen LogP contribution in [0.15, 0.2) is 48.5 Å². The maximum atomic E-state index is 11.7. The number of ether oxygens (including phenoxy) is 1. The van der Waals surface area contributed by atoms with Gasteiger partial charge in [0, 0.05) is 4.43 Å². The van der Waals surface area contributed by atoms with Crippen molar-refractivity contribution in [2.24, 2.45) is 0 Å². The summed E-state index contributed by atoms with van der Waals surface area (Å²) in [6.45, 7) is 3.35. The average molecular weight is 396 g/mol. The number of carbonyl (C=O) groups is 1. The van der Waals surface area contributed by atoms with Gasteiger partial charge in [-0.3, -0.25) is 4.79 Å². The number of phenols is 1. The van der Waals surface area contributed by atoms with Gasteiger partial charge in [-0.15, -0.1) is 0 Å². The Bertz CT molecular complexity index is 619. The number of Topliss-reactive ketones (excluding diaryl/α,β-unsaturated/α-hetero) is 1. The zero-order chi connectivity index (χ0) is 15.5. The number of hydrogen-bond acceptors (Lipinski definition) is 3. The van der Waals surface area contributed by atoms with Gasteiger partial charge in [0.05, 0.1) is 0 Å². The van der Waals surface area contributed by atoms with E-state index in [-0.39, 0.29) is 11.5 Å². The first kappa shape index (κ1) is 15.8. The van der Waals surface area contributed by atoms with Gasteiger partial charge in [0.15, 0.2) is 11.4 Å². The average Bonchev–Trinajstić information content (AvgIpc) is 2.48. The monoisotopic (exact) mass is 396 g/mol. The summed E-state index contributed by atoms with van der Waals surface area (Å²) in [5.41, 5.74) is 1.25. The van der Waals surface area contributed by atoms with E-state index in [1.807, 2.05) is 36.4 Å². The lowest BCUT2D eigenvalue weighted by Gasteiger charge is -2.26. The van der Waals surface area contributed by atoms with E-state index in [1.54, 1.807) is 26.0 Å². The predicted octanol–water partition coefficient (Wildman–Crippen LogP) is 4.22. The molecule has 0 radical (unpaired) electrons. The number of rotatable bonds is 5. The van der Waals surface area contributed by atoms with Gasteiger partial charge in [0.2, 0.25) is 0 Å². The van der Waals surface area contributed by atoms with Crippen LogP contribution < -0.4 is 4.74 Å². The molecule has 1 atom stereocenters. The van der Waals surface area contributed by atoms with E-state index in [1.165, 1.54) is 0 Å². The molecule has 110 valence electrons. The number of phenolic OH excluding ortho intramolecular Hbond substituents is 1. The fraction of sp³-hybridized carbons (Fsp3) is 0.235. The molecule has 0 aliphatic rings. The molecule has 0 fully saturated rings. The molecule has 2 aromatic rings. The minimum atomic E-state index is -0.791. The van der Waals surface area contributed by atoms with Crippen molar-refractivity contribution in [2.45, 2.75) is 19.4 Å². The second kappa shape index (κ2) is 6.47. The minimum Gasteiger partial charge on any atom is -0.508 e. The SMILES string of the molecule is CC(=O)C(C)(CI)Oc1ccc(-c2ccc(O)cc2)cc1. The van der Waals surface area contributed by atoms with E-state index in [0.29, 0.717) is 10.2 Å².